The van der Waals surface area contributed by atoms with Crippen LogP contribution in [0.1, 0.15) is 24.6 Å². The van der Waals surface area contributed by atoms with Gasteiger partial charge < -0.3 is 24.6 Å². The summed E-state index contributed by atoms with van der Waals surface area (Å²) in [4.78, 5) is 42.8. The average molecular weight is 522 g/mol. The molecule has 0 radical (unpaired) electrons. The third-order valence-corrected chi connectivity index (χ3v) is 6.35. The van der Waals surface area contributed by atoms with Gasteiger partial charge in [0.15, 0.2) is 0 Å². The minimum Gasteiger partial charge on any atom is -0.494 e. The summed E-state index contributed by atoms with van der Waals surface area (Å²) in [6, 6.07) is 9.55. The monoisotopic (exact) mass is 521 g/mol. The van der Waals surface area contributed by atoms with Crippen molar-refractivity contribution in [1.29, 1.82) is 0 Å². The van der Waals surface area contributed by atoms with Gasteiger partial charge in [0.1, 0.15) is 24.5 Å². The molecule has 0 bridgehead atoms. The maximum Gasteiger partial charge on any atom is 0.248 e. The van der Waals surface area contributed by atoms with E-state index >= 15 is 0 Å². The Kier molecular flexibility index (Phi) is 9.26. The van der Waals surface area contributed by atoms with Crippen molar-refractivity contribution in [3.8, 4) is 11.7 Å². The van der Waals surface area contributed by atoms with Gasteiger partial charge in [0, 0.05) is 63.9 Å². The van der Waals surface area contributed by atoms with Gasteiger partial charge in [-0.3, -0.25) is 14.2 Å². The molecule has 1 saturated heterocycles. The lowest BCUT2D eigenvalue weighted by Crippen LogP contribution is -2.57. The molecule has 1 unspecified atom stereocenters. The van der Waals surface area contributed by atoms with Gasteiger partial charge in [0.2, 0.25) is 17.8 Å². The fourth-order valence-electron chi connectivity index (χ4n) is 4.50. The summed E-state index contributed by atoms with van der Waals surface area (Å²) in [5, 5.41) is 3.03. The van der Waals surface area contributed by atoms with Gasteiger partial charge in [-0.2, -0.15) is 4.98 Å². The molecule has 3 heterocycles. The number of nitrogens with zero attached hydrogens (tertiary/aromatic N) is 6. The van der Waals surface area contributed by atoms with Crippen molar-refractivity contribution in [3.63, 3.8) is 0 Å². The zero-order valence-corrected chi connectivity index (χ0v) is 22.2. The van der Waals surface area contributed by atoms with Gasteiger partial charge in [-0.1, -0.05) is 12.1 Å². The molecule has 0 saturated carbocycles. The molecule has 1 aliphatic heterocycles. The van der Waals surface area contributed by atoms with Crippen LogP contribution in [0.25, 0.3) is 5.95 Å². The number of ether oxygens (including phenoxy) is 2. The Morgan fingerprint density at radius 2 is 1.97 bits per heavy atom. The van der Waals surface area contributed by atoms with Crippen LogP contribution in [0.3, 0.4) is 0 Å². The molecule has 1 atom stereocenters. The van der Waals surface area contributed by atoms with Crippen LogP contribution in [0.2, 0.25) is 0 Å². The highest BCUT2D eigenvalue weighted by Crippen LogP contribution is 2.23. The van der Waals surface area contributed by atoms with Crippen LogP contribution in [-0.2, 0) is 20.7 Å². The highest BCUT2D eigenvalue weighted by Gasteiger charge is 2.32. The van der Waals surface area contributed by atoms with Crippen molar-refractivity contribution in [2.45, 2.75) is 32.7 Å². The van der Waals surface area contributed by atoms with Crippen LogP contribution < -0.4 is 15.0 Å². The van der Waals surface area contributed by atoms with E-state index in [4.69, 9.17) is 14.5 Å². The number of hydrogen-bond donors (Lipinski definition) is 1. The molecule has 0 spiro atoms. The number of methoxy groups -OCH3 is 1. The molecule has 11 heteroatoms. The van der Waals surface area contributed by atoms with Gasteiger partial charge in [-0.15, -0.1) is 0 Å². The Hall–Kier alpha value is -3.99. The summed E-state index contributed by atoms with van der Waals surface area (Å²) in [5.41, 5.74) is 1.92. The molecule has 1 N–H and O–H groups in total. The molecular formula is C27H35N7O4. The lowest BCUT2D eigenvalue weighted by molar-refractivity contribution is -0.136. The predicted octanol–water partition coefficient (Wildman–Crippen LogP) is 1.78. The number of carbonyl (C=O) groups is 2. The summed E-state index contributed by atoms with van der Waals surface area (Å²) in [5.74, 6) is 1.89. The van der Waals surface area contributed by atoms with Crippen LogP contribution in [0.15, 0.2) is 49.1 Å². The number of amides is 2. The number of anilines is 1. The van der Waals surface area contributed by atoms with Crippen LogP contribution in [0.5, 0.6) is 5.75 Å². The molecule has 4 rings (SSSR count). The zero-order chi connectivity index (χ0) is 26.9. The number of benzene rings is 1. The maximum atomic E-state index is 13.0. The second-order valence-corrected chi connectivity index (χ2v) is 9.14. The highest BCUT2D eigenvalue weighted by molar-refractivity contribution is 5.79. The quantitative estimate of drug-likeness (QED) is 0.406. The number of carbonyl (C=O) groups excluding carboxylic acids is 2. The number of imidazole rings is 1. The number of hydrogen-bond acceptors (Lipinski definition) is 8. The second-order valence-electron chi connectivity index (χ2n) is 9.14. The first-order valence-electron chi connectivity index (χ1n) is 12.8. The molecule has 2 aromatic heterocycles. The van der Waals surface area contributed by atoms with Crippen molar-refractivity contribution >= 4 is 17.6 Å². The molecular weight excluding hydrogens is 486 g/mol. The molecule has 38 heavy (non-hydrogen) atoms. The van der Waals surface area contributed by atoms with Gasteiger partial charge in [0.05, 0.1) is 12.6 Å². The van der Waals surface area contributed by atoms with E-state index in [0.29, 0.717) is 51.0 Å². The number of nitrogens with one attached hydrogen (secondary N) is 1. The van der Waals surface area contributed by atoms with Crippen molar-refractivity contribution in [1.82, 2.24) is 29.7 Å². The predicted molar refractivity (Wildman–Crippen MR) is 142 cm³/mol. The second kappa shape index (κ2) is 13.0. The van der Waals surface area contributed by atoms with Crippen molar-refractivity contribution < 1.29 is 19.1 Å². The first kappa shape index (κ1) is 27.1. The number of aryl methyl sites for hydroxylation is 1. The summed E-state index contributed by atoms with van der Waals surface area (Å²) < 4.78 is 12.3. The molecule has 11 nitrogen and oxygen atoms in total. The maximum absolute atomic E-state index is 13.0. The lowest BCUT2D eigenvalue weighted by Gasteiger charge is -2.42. The van der Waals surface area contributed by atoms with Gasteiger partial charge in [0.25, 0.3) is 0 Å². The molecule has 0 aliphatic carbocycles. The molecule has 202 valence electrons. The van der Waals surface area contributed by atoms with E-state index in [1.807, 2.05) is 44.2 Å². The van der Waals surface area contributed by atoms with E-state index in [1.54, 1.807) is 28.2 Å². The van der Waals surface area contributed by atoms with Gasteiger partial charge in [-0.05, 0) is 38.0 Å². The normalized spacial score (nSPS) is 15.4. The standard InChI is InChI=1S/C27H35N7O4/c1-4-38-23-7-5-21(6-8-23)9-10-29-25(35)16-22-17-32(26(36)18-37-3)13-14-34(22)24-15-20(2)30-27(31-24)33-12-11-28-19-33/h5-8,11-12,15,19,22H,4,9-10,13-14,16-18H2,1-3H3,(H,29,35). The Bertz CT molecular complexity index is 1200. The van der Waals surface area contributed by atoms with Gasteiger partial charge >= 0.3 is 0 Å². The number of rotatable bonds is 11. The SMILES string of the molecule is CCOc1ccc(CCNC(=O)CC2CN(C(=O)COC)CCN2c2cc(C)nc(-n3ccnc3)n2)cc1. The van der Waals surface area contributed by atoms with E-state index in [0.717, 1.165) is 17.0 Å². The minimum atomic E-state index is -0.250. The van der Waals surface area contributed by atoms with E-state index in [-0.39, 0.29) is 30.9 Å². The van der Waals surface area contributed by atoms with Crippen LogP contribution in [-0.4, -0.2) is 88.8 Å². The minimum absolute atomic E-state index is 0.0123. The summed E-state index contributed by atoms with van der Waals surface area (Å²) >= 11 is 0. The average Bonchev–Trinajstić information content (AvgIpc) is 3.45. The molecule has 1 fully saturated rings. The van der Waals surface area contributed by atoms with Crippen molar-refractivity contribution in [2.24, 2.45) is 0 Å². The van der Waals surface area contributed by atoms with Crippen molar-refractivity contribution in [3.05, 3.63) is 60.3 Å². The fraction of sp³-hybridized carbons (Fsp3) is 0.444. The van der Waals surface area contributed by atoms with E-state index in [2.05, 4.69) is 20.2 Å². The van der Waals surface area contributed by atoms with Gasteiger partial charge in [-0.25, -0.2) is 9.97 Å². The third-order valence-electron chi connectivity index (χ3n) is 6.35. The smallest absolute Gasteiger partial charge is 0.248 e. The topological polar surface area (TPSA) is 115 Å². The Balaban J connectivity index is 1.44. The molecule has 1 aromatic carbocycles. The zero-order valence-electron chi connectivity index (χ0n) is 22.2. The molecule has 1 aliphatic rings. The van der Waals surface area contributed by atoms with E-state index < -0.39 is 0 Å². The van der Waals surface area contributed by atoms with E-state index in [9.17, 15) is 9.59 Å². The lowest BCUT2D eigenvalue weighted by atomic mass is 10.1. The molecule has 2 amide bonds. The first-order chi connectivity index (χ1) is 18.5. The number of aromatic nitrogens is 4. The summed E-state index contributed by atoms with van der Waals surface area (Å²) in [6.07, 6.45) is 6.05. The Labute approximate surface area is 222 Å². The third kappa shape index (κ3) is 7.06. The van der Waals surface area contributed by atoms with Crippen molar-refractivity contribution in [2.75, 3.05) is 51.4 Å². The van der Waals surface area contributed by atoms with E-state index in [1.165, 1.54) is 7.11 Å². The van der Waals surface area contributed by atoms with Crippen LogP contribution in [0, 0.1) is 6.92 Å². The number of piperazine rings is 1. The summed E-state index contributed by atoms with van der Waals surface area (Å²) in [7, 11) is 1.50. The molecule has 3 aromatic rings. The first-order valence-corrected chi connectivity index (χ1v) is 12.8. The Morgan fingerprint density at radius 1 is 1.16 bits per heavy atom. The largest absolute Gasteiger partial charge is 0.494 e. The van der Waals surface area contributed by atoms with Crippen LogP contribution in [0.4, 0.5) is 5.82 Å². The summed E-state index contributed by atoms with van der Waals surface area (Å²) in [6.45, 7) is 6.48. The Morgan fingerprint density at radius 3 is 2.68 bits per heavy atom. The highest BCUT2D eigenvalue weighted by atomic mass is 16.5. The fourth-order valence-corrected chi connectivity index (χ4v) is 4.50. The van der Waals surface area contributed by atoms with Crippen LogP contribution >= 0.6 is 0 Å².